The summed E-state index contributed by atoms with van der Waals surface area (Å²) in [6.07, 6.45) is 14.4. The van der Waals surface area contributed by atoms with E-state index in [1.165, 1.54) is 81.3 Å². The Kier molecular flexibility index (Phi) is 5.17. The summed E-state index contributed by atoms with van der Waals surface area (Å²) < 4.78 is 0. The van der Waals surface area contributed by atoms with Crippen LogP contribution in [0.5, 0.6) is 0 Å². The molecule has 0 saturated carbocycles. The number of aryl methyl sites for hydroxylation is 1. The molecule has 3 rings (SSSR count). The molecule has 1 atom stereocenters. The van der Waals surface area contributed by atoms with E-state index in [4.69, 9.17) is 5.73 Å². The van der Waals surface area contributed by atoms with E-state index in [0.717, 1.165) is 19.5 Å². The smallest absolute Gasteiger partial charge is 0.153 e. The summed E-state index contributed by atoms with van der Waals surface area (Å²) in [6.45, 7) is 2.04. The van der Waals surface area contributed by atoms with Crippen LogP contribution >= 0.6 is 0 Å². The summed E-state index contributed by atoms with van der Waals surface area (Å²) in [5, 5.41) is 7.99. The van der Waals surface area contributed by atoms with Crippen molar-refractivity contribution in [1.29, 1.82) is 0 Å². The molecule has 1 aromatic heterocycles. The fourth-order valence-electron chi connectivity index (χ4n) is 3.77. The number of nitrogens with two attached hydrogens (primary N) is 1. The lowest BCUT2D eigenvalue weighted by atomic mass is 9.99. The number of nitrogens with one attached hydrogen (secondary N) is 1. The molecule has 0 amide bonds. The van der Waals surface area contributed by atoms with Gasteiger partial charge >= 0.3 is 0 Å². The zero-order valence-electron chi connectivity index (χ0n) is 13.2. The van der Waals surface area contributed by atoms with Crippen molar-refractivity contribution in [3.63, 3.8) is 0 Å². The van der Waals surface area contributed by atoms with Crippen LogP contribution in [0.15, 0.2) is 0 Å². The first kappa shape index (κ1) is 14.9. The normalized spacial score (nSPS) is 25.2. The highest BCUT2D eigenvalue weighted by Crippen LogP contribution is 2.28. The summed E-state index contributed by atoms with van der Waals surface area (Å²) >= 11 is 0. The minimum absolute atomic E-state index is 0.323. The van der Waals surface area contributed by atoms with Crippen molar-refractivity contribution < 1.29 is 0 Å². The predicted molar refractivity (Wildman–Crippen MR) is 87.7 cm³/mol. The third kappa shape index (κ3) is 3.79. The van der Waals surface area contributed by atoms with Crippen LogP contribution in [0.3, 0.4) is 0 Å². The van der Waals surface area contributed by atoms with E-state index in [9.17, 15) is 0 Å². The van der Waals surface area contributed by atoms with Crippen LogP contribution in [0, 0.1) is 0 Å². The van der Waals surface area contributed by atoms with Crippen molar-refractivity contribution in [2.24, 2.45) is 5.73 Å². The number of anilines is 1. The third-order valence-electron chi connectivity index (χ3n) is 5.06. The molecule has 1 saturated heterocycles. The molecule has 1 aliphatic heterocycles. The van der Waals surface area contributed by atoms with Gasteiger partial charge in [-0.1, -0.05) is 38.5 Å². The minimum Gasteiger partial charge on any atom is -0.353 e. The molecule has 1 aliphatic carbocycles. The molecular weight excluding hydrogens is 260 g/mol. The van der Waals surface area contributed by atoms with E-state index >= 15 is 0 Å². The number of aromatic amines is 1. The Morgan fingerprint density at radius 2 is 1.62 bits per heavy atom. The average molecular weight is 290 g/mol. The standard InChI is InChI=1S/C17H30N4/c18-14-11-12-21(13-14)17-15-9-7-5-3-1-2-4-6-8-10-16(15)19-20-17/h14H,1-13,18H2,(H,19,20). The number of nitrogens with zero attached hydrogens (tertiary/aromatic N) is 2. The van der Waals surface area contributed by atoms with Gasteiger partial charge in [-0.15, -0.1) is 0 Å². The monoisotopic (exact) mass is 290 g/mol. The lowest BCUT2D eigenvalue weighted by Crippen LogP contribution is -2.27. The predicted octanol–water partition coefficient (Wildman–Crippen LogP) is 3.17. The molecule has 0 spiro atoms. The van der Waals surface area contributed by atoms with Gasteiger partial charge in [-0.2, -0.15) is 5.10 Å². The van der Waals surface area contributed by atoms with E-state index in [0.29, 0.717) is 6.04 Å². The molecule has 2 aliphatic rings. The van der Waals surface area contributed by atoms with Gasteiger partial charge < -0.3 is 10.6 Å². The van der Waals surface area contributed by atoms with Crippen molar-refractivity contribution >= 4 is 5.82 Å². The number of hydrogen-bond donors (Lipinski definition) is 2. The minimum atomic E-state index is 0.323. The molecule has 1 fully saturated rings. The Morgan fingerprint density at radius 3 is 2.29 bits per heavy atom. The van der Waals surface area contributed by atoms with E-state index < -0.39 is 0 Å². The maximum atomic E-state index is 6.07. The van der Waals surface area contributed by atoms with Gasteiger partial charge in [0.1, 0.15) is 0 Å². The lowest BCUT2D eigenvalue weighted by Gasteiger charge is -2.17. The van der Waals surface area contributed by atoms with Crippen LogP contribution in [-0.4, -0.2) is 29.3 Å². The Labute approximate surface area is 128 Å². The van der Waals surface area contributed by atoms with Gasteiger partial charge in [0, 0.05) is 30.4 Å². The first-order valence-electron chi connectivity index (χ1n) is 8.91. The first-order chi connectivity index (χ1) is 10.3. The summed E-state index contributed by atoms with van der Waals surface area (Å²) in [4.78, 5) is 2.39. The molecule has 1 aromatic rings. The highest BCUT2D eigenvalue weighted by Gasteiger charge is 2.25. The van der Waals surface area contributed by atoms with E-state index in [1.54, 1.807) is 0 Å². The van der Waals surface area contributed by atoms with Crippen molar-refractivity contribution in [3.8, 4) is 0 Å². The molecule has 118 valence electrons. The van der Waals surface area contributed by atoms with Gasteiger partial charge in [-0.3, -0.25) is 5.10 Å². The van der Waals surface area contributed by atoms with Crippen molar-refractivity contribution in [3.05, 3.63) is 11.3 Å². The van der Waals surface area contributed by atoms with Gasteiger partial charge in [-0.25, -0.2) is 0 Å². The quantitative estimate of drug-likeness (QED) is 0.835. The Balaban J connectivity index is 1.73. The van der Waals surface area contributed by atoms with Crippen LogP contribution in [0.25, 0.3) is 0 Å². The van der Waals surface area contributed by atoms with Crippen LogP contribution < -0.4 is 10.6 Å². The maximum absolute atomic E-state index is 6.07. The zero-order valence-corrected chi connectivity index (χ0v) is 13.2. The van der Waals surface area contributed by atoms with E-state index in [-0.39, 0.29) is 0 Å². The highest BCUT2D eigenvalue weighted by atomic mass is 15.3. The molecule has 21 heavy (non-hydrogen) atoms. The van der Waals surface area contributed by atoms with Crippen LogP contribution in [0.4, 0.5) is 5.82 Å². The Hall–Kier alpha value is -1.03. The second-order valence-electron chi connectivity index (χ2n) is 6.83. The van der Waals surface area contributed by atoms with Gasteiger partial charge in [0.2, 0.25) is 0 Å². The molecule has 4 heteroatoms. The summed E-state index contributed by atoms with van der Waals surface area (Å²) in [5.41, 5.74) is 8.95. The van der Waals surface area contributed by atoms with Gasteiger partial charge in [0.15, 0.2) is 5.82 Å². The fraction of sp³-hybridized carbons (Fsp3) is 0.824. The molecular formula is C17H30N4. The molecule has 1 unspecified atom stereocenters. The van der Waals surface area contributed by atoms with Gasteiger partial charge in [0.05, 0.1) is 0 Å². The zero-order chi connectivity index (χ0) is 14.5. The van der Waals surface area contributed by atoms with Gasteiger partial charge in [0.25, 0.3) is 0 Å². The Morgan fingerprint density at radius 1 is 0.952 bits per heavy atom. The number of aromatic nitrogens is 2. The summed E-state index contributed by atoms with van der Waals surface area (Å²) in [7, 11) is 0. The molecule has 0 bridgehead atoms. The van der Waals surface area contributed by atoms with Crippen LogP contribution in [-0.2, 0) is 12.8 Å². The largest absolute Gasteiger partial charge is 0.353 e. The topological polar surface area (TPSA) is 57.9 Å². The fourth-order valence-corrected chi connectivity index (χ4v) is 3.77. The number of H-pyrrole nitrogens is 1. The lowest BCUT2D eigenvalue weighted by molar-refractivity contribution is 0.558. The van der Waals surface area contributed by atoms with Crippen molar-refractivity contribution in [2.45, 2.75) is 76.7 Å². The summed E-state index contributed by atoms with van der Waals surface area (Å²) in [5.74, 6) is 1.20. The van der Waals surface area contributed by atoms with Crippen molar-refractivity contribution in [2.75, 3.05) is 18.0 Å². The van der Waals surface area contributed by atoms with E-state index in [1.807, 2.05) is 0 Å². The highest BCUT2D eigenvalue weighted by molar-refractivity contribution is 5.50. The van der Waals surface area contributed by atoms with E-state index in [2.05, 4.69) is 15.1 Å². The van der Waals surface area contributed by atoms with Gasteiger partial charge in [-0.05, 0) is 32.1 Å². The van der Waals surface area contributed by atoms with Crippen LogP contribution in [0.2, 0.25) is 0 Å². The second-order valence-corrected chi connectivity index (χ2v) is 6.83. The molecule has 4 nitrogen and oxygen atoms in total. The number of rotatable bonds is 1. The molecule has 0 radical (unpaired) electrons. The van der Waals surface area contributed by atoms with Crippen molar-refractivity contribution in [1.82, 2.24) is 10.2 Å². The first-order valence-corrected chi connectivity index (χ1v) is 8.91. The molecule has 2 heterocycles. The number of fused-ring (bicyclic) bond motifs is 1. The van der Waals surface area contributed by atoms with Crippen LogP contribution in [0.1, 0.15) is 69.0 Å². The number of hydrogen-bond acceptors (Lipinski definition) is 3. The molecule has 0 aromatic carbocycles. The third-order valence-corrected chi connectivity index (χ3v) is 5.06. The molecule has 3 N–H and O–H groups in total. The summed E-state index contributed by atoms with van der Waals surface area (Å²) in [6, 6.07) is 0.323. The Bertz CT molecular complexity index is 440. The average Bonchev–Trinajstić information content (AvgIpc) is 3.05. The maximum Gasteiger partial charge on any atom is 0.153 e. The SMILES string of the molecule is NC1CCN(c2n[nH]c3c2CCCCCCCCCC3)C1. The second kappa shape index (κ2) is 7.30.